The molecule has 0 radical (unpaired) electrons. The number of carboxylic acid groups (broad SMARTS) is 1. The third-order valence-electron chi connectivity index (χ3n) is 2.70. The molecule has 18 heavy (non-hydrogen) atoms. The van der Waals surface area contributed by atoms with Crippen molar-refractivity contribution in [1.29, 1.82) is 0 Å². The molecule has 0 saturated carbocycles. The van der Waals surface area contributed by atoms with Gasteiger partial charge in [0.15, 0.2) is 11.3 Å². The molecule has 6 heteroatoms. The lowest BCUT2D eigenvalue weighted by molar-refractivity contribution is 0.0688. The van der Waals surface area contributed by atoms with E-state index in [1.165, 1.54) is 10.7 Å². The Morgan fingerprint density at radius 2 is 2.33 bits per heavy atom. The Hall–Kier alpha value is -2.63. The second kappa shape index (κ2) is 3.69. The van der Waals surface area contributed by atoms with E-state index in [1.807, 2.05) is 0 Å². The number of hydrogen-bond donors (Lipinski definition) is 1. The Bertz CT molecular complexity index is 728. The summed E-state index contributed by atoms with van der Waals surface area (Å²) < 4.78 is 6.75. The van der Waals surface area contributed by atoms with E-state index in [0.717, 1.165) is 0 Å². The number of furan rings is 1. The van der Waals surface area contributed by atoms with E-state index in [1.54, 1.807) is 31.5 Å². The maximum absolute atomic E-state index is 11.2. The van der Waals surface area contributed by atoms with Crippen molar-refractivity contribution in [1.82, 2.24) is 14.4 Å². The summed E-state index contributed by atoms with van der Waals surface area (Å²) in [5.74, 6) is -0.423. The number of hydrogen-bond acceptors (Lipinski definition) is 4. The Morgan fingerprint density at radius 1 is 1.50 bits per heavy atom. The van der Waals surface area contributed by atoms with Gasteiger partial charge in [-0.2, -0.15) is 0 Å². The van der Waals surface area contributed by atoms with Gasteiger partial charge in [0.25, 0.3) is 0 Å². The van der Waals surface area contributed by atoms with Crippen molar-refractivity contribution in [3.8, 4) is 11.3 Å². The molecule has 6 nitrogen and oxygen atoms in total. The molecule has 0 aliphatic carbocycles. The van der Waals surface area contributed by atoms with Crippen LogP contribution in [0.15, 0.2) is 35.3 Å². The number of aryl methyl sites for hydroxylation is 1. The first kappa shape index (κ1) is 10.5. The van der Waals surface area contributed by atoms with Crippen LogP contribution >= 0.6 is 0 Å². The monoisotopic (exact) mass is 243 g/mol. The third-order valence-corrected chi connectivity index (χ3v) is 2.70. The molecule has 0 bridgehead atoms. The molecular weight excluding hydrogens is 234 g/mol. The van der Waals surface area contributed by atoms with Crippen LogP contribution in [0.2, 0.25) is 0 Å². The number of nitrogens with zero attached hydrogens (tertiary/aromatic N) is 3. The van der Waals surface area contributed by atoms with Gasteiger partial charge in [0.1, 0.15) is 12.1 Å². The summed E-state index contributed by atoms with van der Waals surface area (Å²) in [6, 6.07) is 3.54. The minimum Gasteiger partial charge on any atom is -0.477 e. The number of imidazole rings is 1. The molecule has 0 spiro atoms. The Kier molecular flexibility index (Phi) is 2.16. The van der Waals surface area contributed by atoms with Gasteiger partial charge in [0.2, 0.25) is 0 Å². The van der Waals surface area contributed by atoms with E-state index in [0.29, 0.717) is 22.7 Å². The van der Waals surface area contributed by atoms with Crippen LogP contribution in [0.4, 0.5) is 0 Å². The molecule has 3 heterocycles. The van der Waals surface area contributed by atoms with Crippen molar-refractivity contribution >= 4 is 11.6 Å². The number of rotatable bonds is 2. The minimum atomic E-state index is -1.03. The normalized spacial score (nSPS) is 10.9. The summed E-state index contributed by atoms with van der Waals surface area (Å²) in [5, 5.41) is 9.16. The predicted molar refractivity (Wildman–Crippen MR) is 62.4 cm³/mol. The van der Waals surface area contributed by atoms with Crippen molar-refractivity contribution in [3.63, 3.8) is 0 Å². The zero-order valence-electron chi connectivity index (χ0n) is 9.49. The van der Waals surface area contributed by atoms with E-state index in [4.69, 9.17) is 9.52 Å². The van der Waals surface area contributed by atoms with Gasteiger partial charge in [0, 0.05) is 6.20 Å². The van der Waals surface area contributed by atoms with Gasteiger partial charge in [-0.15, -0.1) is 0 Å². The van der Waals surface area contributed by atoms with E-state index in [9.17, 15) is 4.79 Å². The van der Waals surface area contributed by atoms with Gasteiger partial charge in [-0.05, 0) is 19.1 Å². The van der Waals surface area contributed by atoms with Crippen LogP contribution in [0.1, 0.15) is 16.2 Å². The highest BCUT2D eigenvalue weighted by atomic mass is 16.4. The predicted octanol–water partition coefficient (Wildman–Crippen LogP) is 2.00. The molecular formula is C12H9N3O3. The minimum absolute atomic E-state index is 0.117. The van der Waals surface area contributed by atoms with Gasteiger partial charge in [-0.3, -0.25) is 4.40 Å². The number of fused-ring (bicyclic) bond motifs is 1. The molecule has 0 aliphatic heterocycles. The highest BCUT2D eigenvalue weighted by molar-refractivity contribution is 5.89. The highest BCUT2D eigenvalue weighted by Gasteiger charge is 2.18. The first-order valence-corrected chi connectivity index (χ1v) is 5.28. The number of carboxylic acids is 1. The molecule has 0 saturated heterocycles. The van der Waals surface area contributed by atoms with Crippen LogP contribution in [0.3, 0.4) is 0 Å². The second-order valence-electron chi connectivity index (χ2n) is 3.83. The number of aromatic carboxylic acids is 1. The fraction of sp³-hybridized carbons (Fsp3) is 0.0833. The van der Waals surface area contributed by atoms with Crippen LogP contribution in [0, 0.1) is 6.92 Å². The molecule has 0 aromatic carbocycles. The van der Waals surface area contributed by atoms with Gasteiger partial charge in [-0.1, -0.05) is 0 Å². The fourth-order valence-electron chi connectivity index (χ4n) is 1.94. The Balaban J connectivity index is 2.37. The number of carbonyl (C=O) groups is 1. The molecule has 90 valence electrons. The summed E-state index contributed by atoms with van der Waals surface area (Å²) in [5.41, 5.74) is 1.75. The maximum Gasteiger partial charge on any atom is 0.354 e. The van der Waals surface area contributed by atoms with Crippen LogP contribution in [0.5, 0.6) is 0 Å². The lowest BCUT2D eigenvalue weighted by Gasteiger charge is -2.00. The van der Waals surface area contributed by atoms with Crippen molar-refractivity contribution < 1.29 is 14.3 Å². The first-order chi connectivity index (χ1) is 8.68. The molecule has 0 unspecified atom stereocenters. The van der Waals surface area contributed by atoms with E-state index >= 15 is 0 Å². The molecule has 0 atom stereocenters. The lowest BCUT2D eigenvalue weighted by Crippen LogP contribution is -2.04. The van der Waals surface area contributed by atoms with Gasteiger partial charge in [-0.25, -0.2) is 14.8 Å². The Labute approximate surface area is 102 Å². The van der Waals surface area contributed by atoms with Gasteiger partial charge < -0.3 is 9.52 Å². The second-order valence-corrected chi connectivity index (χ2v) is 3.83. The largest absolute Gasteiger partial charge is 0.477 e. The van der Waals surface area contributed by atoms with Crippen molar-refractivity contribution in [3.05, 3.63) is 42.3 Å². The van der Waals surface area contributed by atoms with Crippen LogP contribution < -0.4 is 0 Å². The van der Waals surface area contributed by atoms with Crippen molar-refractivity contribution in [2.24, 2.45) is 0 Å². The van der Waals surface area contributed by atoms with Gasteiger partial charge in [0.05, 0.1) is 17.5 Å². The Morgan fingerprint density at radius 3 is 3.00 bits per heavy atom. The topological polar surface area (TPSA) is 80.6 Å². The standard InChI is InChI=1S/C12H9N3O3/c1-7-10(12(16)17)15-6-13-5-8(11(15)14-7)9-3-2-4-18-9/h2-6H,1H3,(H,16,17). The van der Waals surface area contributed by atoms with Crippen LogP contribution in [-0.2, 0) is 0 Å². The molecule has 0 amide bonds. The first-order valence-electron chi connectivity index (χ1n) is 5.28. The zero-order valence-corrected chi connectivity index (χ0v) is 9.49. The molecule has 3 aromatic rings. The van der Waals surface area contributed by atoms with E-state index in [-0.39, 0.29) is 5.69 Å². The quantitative estimate of drug-likeness (QED) is 0.744. The summed E-state index contributed by atoms with van der Waals surface area (Å²) in [6.45, 7) is 1.66. The fourth-order valence-corrected chi connectivity index (χ4v) is 1.94. The molecule has 0 fully saturated rings. The van der Waals surface area contributed by atoms with Gasteiger partial charge >= 0.3 is 5.97 Å². The lowest BCUT2D eigenvalue weighted by atomic mass is 10.2. The smallest absolute Gasteiger partial charge is 0.354 e. The van der Waals surface area contributed by atoms with Crippen molar-refractivity contribution in [2.45, 2.75) is 6.92 Å². The molecule has 3 rings (SSSR count). The molecule has 0 aliphatic rings. The highest BCUT2D eigenvalue weighted by Crippen LogP contribution is 2.25. The van der Waals surface area contributed by atoms with Crippen LogP contribution in [0.25, 0.3) is 17.0 Å². The van der Waals surface area contributed by atoms with Crippen molar-refractivity contribution in [2.75, 3.05) is 0 Å². The SMILES string of the molecule is Cc1nc2c(-c3ccco3)cncn2c1C(=O)O. The third kappa shape index (κ3) is 1.39. The molecule has 1 N–H and O–H groups in total. The molecule has 3 aromatic heterocycles. The maximum atomic E-state index is 11.2. The average Bonchev–Trinajstić information content (AvgIpc) is 2.93. The summed E-state index contributed by atoms with van der Waals surface area (Å²) in [7, 11) is 0. The average molecular weight is 243 g/mol. The summed E-state index contributed by atoms with van der Waals surface area (Å²) >= 11 is 0. The number of aromatic nitrogens is 3. The van der Waals surface area contributed by atoms with E-state index < -0.39 is 5.97 Å². The summed E-state index contributed by atoms with van der Waals surface area (Å²) in [6.07, 6.45) is 4.59. The van der Waals surface area contributed by atoms with Crippen LogP contribution in [-0.4, -0.2) is 25.4 Å². The summed E-state index contributed by atoms with van der Waals surface area (Å²) in [4.78, 5) is 19.5. The zero-order chi connectivity index (χ0) is 12.7. The van der Waals surface area contributed by atoms with E-state index in [2.05, 4.69) is 9.97 Å².